The third-order valence-electron chi connectivity index (χ3n) is 4.57. The van der Waals surface area contributed by atoms with E-state index < -0.39 is 15.9 Å². The lowest BCUT2D eigenvalue weighted by Crippen LogP contribution is -2.28. The van der Waals surface area contributed by atoms with Gasteiger partial charge in [-0.05, 0) is 48.9 Å². The SMILES string of the molecule is COc1ccc(C)cc1N1C[C@H](C(=O)Nc2ccc(S(N)(=O)=O)cc2)CC1=O. The highest BCUT2D eigenvalue weighted by atomic mass is 32.2. The average Bonchev–Trinajstić information content (AvgIpc) is 3.03. The molecule has 2 amide bonds. The zero-order valence-corrected chi connectivity index (χ0v) is 16.3. The Morgan fingerprint density at radius 1 is 1.21 bits per heavy atom. The molecule has 1 aliphatic rings. The summed E-state index contributed by atoms with van der Waals surface area (Å²) in [5, 5.41) is 7.77. The molecule has 1 heterocycles. The number of sulfonamides is 1. The van der Waals surface area contributed by atoms with E-state index in [1.54, 1.807) is 11.0 Å². The molecule has 3 N–H and O–H groups in total. The average molecular weight is 403 g/mol. The van der Waals surface area contributed by atoms with Gasteiger partial charge in [-0.3, -0.25) is 9.59 Å². The summed E-state index contributed by atoms with van der Waals surface area (Å²) >= 11 is 0. The van der Waals surface area contributed by atoms with Crippen LogP contribution in [0.3, 0.4) is 0 Å². The van der Waals surface area contributed by atoms with Crippen molar-refractivity contribution in [1.29, 1.82) is 0 Å². The second kappa shape index (κ2) is 7.61. The van der Waals surface area contributed by atoms with Crippen molar-refractivity contribution in [2.45, 2.75) is 18.2 Å². The number of ether oxygens (including phenoxy) is 1. The number of nitrogens with one attached hydrogen (secondary N) is 1. The van der Waals surface area contributed by atoms with E-state index >= 15 is 0 Å². The van der Waals surface area contributed by atoms with Crippen molar-refractivity contribution in [3.8, 4) is 5.75 Å². The molecule has 28 heavy (non-hydrogen) atoms. The minimum atomic E-state index is -3.79. The Kier molecular flexibility index (Phi) is 5.39. The van der Waals surface area contributed by atoms with Gasteiger partial charge in [-0.15, -0.1) is 0 Å². The molecule has 0 bridgehead atoms. The van der Waals surface area contributed by atoms with Crippen molar-refractivity contribution in [2.75, 3.05) is 23.9 Å². The zero-order chi connectivity index (χ0) is 20.5. The van der Waals surface area contributed by atoms with Gasteiger partial charge in [0.25, 0.3) is 0 Å². The van der Waals surface area contributed by atoms with Crippen LogP contribution in [-0.4, -0.2) is 33.9 Å². The Labute approximate surface area is 163 Å². The third-order valence-corrected chi connectivity index (χ3v) is 5.50. The lowest BCUT2D eigenvalue weighted by molar-refractivity contribution is -0.122. The number of nitrogens with zero attached hydrogens (tertiary/aromatic N) is 1. The summed E-state index contributed by atoms with van der Waals surface area (Å²) in [7, 11) is -2.26. The molecular weight excluding hydrogens is 382 g/mol. The van der Waals surface area contributed by atoms with Crippen molar-refractivity contribution in [1.82, 2.24) is 0 Å². The molecule has 3 rings (SSSR count). The van der Waals surface area contributed by atoms with Crippen LogP contribution >= 0.6 is 0 Å². The summed E-state index contributed by atoms with van der Waals surface area (Å²) < 4.78 is 27.9. The van der Waals surface area contributed by atoms with E-state index in [0.717, 1.165) is 5.56 Å². The first-order valence-corrected chi connectivity index (χ1v) is 10.1. The molecule has 1 aliphatic heterocycles. The van der Waals surface area contributed by atoms with E-state index in [4.69, 9.17) is 9.88 Å². The molecule has 2 aromatic rings. The first-order valence-electron chi connectivity index (χ1n) is 8.58. The molecule has 0 aliphatic carbocycles. The number of aryl methyl sites for hydroxylation is 1. The molecule has 0 spiro atoms. The fraction of sp³-hybridized carbons (Fsp3) is 0.263. The number of methoxy groups -OCH3 is 1. The van der Waals surface area contributed by atoms with Crippen molar-refractivity contribution in [3.05, 3.63) is 48.0 Å². The third kappa shape index (κ3) is 4.15. The predicted octanol–water partition coefficient (Wildman–Crippen LogP) is 1.64. The lowest BCUT2D eigenvalue weighted by atomic mass is 10.1. The van der Waals surface area contributed by atoms with Gasteiger partial charge in [0, 0.05) is 18.7 Å². The van der Waals surface area contributed by atoms with E-state index in [0.29, 0.717) is 17.1 Å². The van der Waals surface area contributed by atoms with Crippen LogP contribution in [0.4, 0.5) is 11.4 Å². The minimum Gasteiger partial charge on any atom is -0.495 e. The molecule has 0 radical (unpaired) electrons. The quantitative estimate of drug-likeness (QED) is 0.787. The van der Waals surface area contributed by atoms with Crippen molar-refractivity contribution >= 4 is 33.2 Å². The summed E-state index contributed by atoms with van der Waals surface area (Å²) in [6.45, 7) is 2.15. The first kappa shape index (κ1) is 19.8. The monoisotopic (exact) mass is 403 g/mol. The van der Waals surface area contributed by atoms with Crippen molar-refractivity contribution in [2.24, 2.45) is 11.1 Å². The number of primary sulfonamides is 1. The van der Waals surface area contributed by atoms with Crippen LogP contribution in [0, 0.1) is 12.8 Å². The van der Waals surface area contributed by atoms with Crippen LogP contribution in [0.2, 0.25) is 0 Å². The first-order chi connectivity index (χ1) is 13.2. The zero-order valence-electron chi connectivity index (χ0n) is 15.5. The number of carbonyl (C=O) groups is 2. The largest absolute Gasteiger partial charge is 0.495 e. The fourth-order valence-corrected chi connectivity index (χ4v) is 3.61. The molecule has 0 aromatic heterocycles. The normalized spacial score (nSPS) is 16.9. The predicted molar refractivity (Wildman–Crippen MR) is 105 cm³/mol. The van der Waals surface area contributed by atoms with Gasteiger partial charge in [0.1, 0.15) is 5.75 Å². The highest BCUT2D eigenvalue weighted by Gasteiger charge is 2.36. The number of rotatable bonds is 5. The molecular formula is C19H21N3O5S. The molecule has 0 unspecified atom stereocenters. The van der Waals surface area contributed by atoms with Crippen LogP contribution in [0.5, 0.6) is 5.75 Å². The molecule has 0 saturated carbocycles. The Hall–Kier alpha value is -2.91. The van der Waals surface area contributed by atoms with Gasteiger partial charge < -0.3 is 15.0 Å². The van der Waals surface area contributed by atoms with E-state index in [-0.39, 0.29) is 29.7 Å². The standard InChI is InChI=1S/C19H21N3O5S/c1-12-3-8-17(27-2)16(9-12)22-11-13(10-18(22)23)19(24)21-14-4-6-15(7-5-14)28(20,25)26/h3-9,13H,10-11H2,1-2H3,(H,21,24)(H2,20,25,26)/t13-/m1/s1. The van der Waals surface area contributed by atoms with Gasteiger partial charge in [-0.2, -0.15) is 0 Å². The summed E-state index contributed by atoms with van der Waals surface area (Å²) in [4.78, 5) is 26.6. The molecule has 1 fully saturated rings. The van der Waals surface area contributed by atoms with Gasteiger partial charge in [0.05, 0.1) is 23.6 Å². The fourth-order valence-electron chi connectivity index (χ4n) is 3.10. The van der Waals surface area contributed by atoms with E-state index in [1.165, 1.54) is 31.4 Å². The lowest BCUT2D eigenvalue weighted by Gasteiger charge is -2.20. The van der Waals surface area contributed by atoms with Crippen molar-refractivity contribution in [3.63, 3.8) is 0 Å². The highest BCUT2D eigenvalue weighted by Crippen LogP contribution is 2.34. The second-order valence-corrected chi connectivity index (χ2v) is 8.20. The van der Waals surface area contributed by atoms with E-state index in [2.05, 4.69) is 5.32 Å². The number of carbonyl (C=O) groups excluding carboxylic acids is 2. The minimum absolute atomic E-state index is 0.0424. The summed E-state index contributed by atoms with van der Waals surface area (Å²) in [5.41, 5.74) is 2.04. The Morgan fingerprint density at radius 2 is 1.89 bits per heavy atom. The highest BCUT2D eigenvalue weighted by molar-refractivity contribution is 7.89. The molecule has 2 aromatic carbocycles. The number of anilines is 2. The van der Waals surface area contributed by atoms with Gasteiger partial charge in [-0.1, -0.05) is 6.07 Å². The maximum Gasteiger partial charge on any atom is 0.238 e. The summed E-state index contributed by atoms with van der Waals surface area (Å²) in [6.07, 6.45) is 0.0815. The van der Waals surface area contributed by atoms with Gasteiger partial charge in [-0.25, -0.2) is 13.6 Å². The number of hydrogen-bond acceptors (Lipinski definition) is 5. The summed E-state index contributed by atoms with van der Waals surface area (Å²) in [6, 6.07) is 11.1. The van der Waals surface area contributed by atoms with E-state index in [1.807, 2.05) is 19.1 Å². The maximum atomic E-state index is 12.6. The van der Waals surface area contributed by atoms with Gasteiger partial charge >= 0.3 is 0 Å². The molecule has 148 valence electrons. The molecule has 9 heteroatoms. The number of nitrogens with two attached hydrogens (primary N) is 1. The second-order valence-electron chi connectivity index (χ2n) is 6.64. The smallest absolute Gasteiger partial charge is 0.238 e. The van der Waals surface area contributed by atoms with Crippen molar-refractivity contribution < 1.29 is 22.7 Å². The molecule has 8 nitrogen and oxygen atoms in total. The number of amides is 2. The Bertz CT molecular complexity index is 1020. The van der Waals surface area contributed by atoms with Crippen LogP contribution in [0.25, 0.3) is 0 Å². The molecule has 1 atom stereocenters. The van der Waals surface area contributed by atoms with Gasteiger partial charge in [0.15, 0.2) is 0 Å². The Balaban J connectivity index is 1.73. The van der Waals surface area contributed by atoms with Crippen LogP contribution in [0.1, 0.15) is 12.0 Å². The van der Waals surface area contributed by atoms with Crippen LogP contribution < -0.4 is 20.1 Å². The van der Waals surface area contributed by atoms with Crippen LogP contribution in [-0.2, 0) is 19.6 Å². The van der Waals surface area contributed by atoms with Gasteiger partial charge in [0.2, 0.25) is 21.8 Å². The topological polar surface area (TPSA) is 119 Å². The number of hydrogen-bond donors (Lipinski definition) is 2. The summed E-state index contributed by atoms with van der Waals surface area (Å²) in [5.74, 6) is -0.436. The van der Waals surface area contributed by atoms with E-state index in [9.17, 15) is 18.0 Å². The Morgan fingerprint density at radius 3 is 2.50 bits per heavy atom. The maximum absolute atomic E-state index is 12.6. The number of benzene rings is 2. The molecule has 1 saturated heterocycles. The van der Waals surface area contributed by atoms with Crippen LogP contribution in [0.15, 0.2) is 47.4 Å².